The van der Waals surface area contributed by atoms with E-state index in [-0.39, 0.29) is 5.25 Å². The van der Waals surface area contributed by atoms with Crippen molar-refractivity contribution in [2.24, 2.45) is 0 Å². The Kier molecular flexibility index (Phi) is 3.30. The summed E-state index contributed by atoms with van der Waals surface area (Å²) in [5, 5.41) is 3.05. The van der Waals surface area contributed by atoms with E-state index in [1.807, 2.05) is 0 Å². The first-order valence-corrected chi connectivity index (χ1v) is 7.10. The Balaban J connectivity index is 1.95. The third kappa shape index (κ3) is 2.62. The zero-order valence-corrected chi connectivity index (χ0v) is 10.1. The van der Waals surface area contributed by atoms with Crippen molar-refractivity contribution in [2.75, 3.05) is 17.6 Å². The van der Waals surface area contributed by atoms with Crippen molar-refractivity contribution in [1.82, 2.24) is 9.97 Å². The molecule has 0 bridgehead atoms. The molecule has 0 saturated carbocycles. The van der Waals surface area contributed by atoms with E-state index < -0.39 is 9.84 Å². The number of nitrogens with zero attached hydrogens (tertiary/aromatic N) is 2. The van der Waals surface area contributed by atoms with E-state index in [1.165, 1.54) is 12.4 Å². The number of aromatic nitrogens is 2. The minimum atomic E-state index is -2.91. The highest BCUT2D eigenvalue weighted by molar-refractivity contribution is 7.92. The van der Waals surface area contributed by atoms with Crippen molar-refractivity contribution >= 4 is 27.4 Å². The van der Waals surface area contributed by atoms with E-state index in [9.17, 15) is 8.42 Å². The maximum atomic E-state index is 11.5. The molecule has 0 radical (unpaired) electrons. The zero-order valence-electron chi connectivity index (χ0n) is 8.56. The lowest BCUT2D eigenvalue weighted by molar-refractivity contribution is 0.591. The molecule has 1 aromatic heterocycles. The summed E-state index contributed by atoms with van der Waals surface area (Å²) >= 11 is 5.64. The Morgan fingerprint density at radius 3 is 2.69 bits per heavy atom. The Morgan fingerprint density at radius 2 is 2.12 bits per heavy atom. The molecule has 16 heavy (non-hydrogen) atoms. The number of hydrogen-bond acceptors (Lipinski definition) is 5. The van der Waals surface area contributed by atoms with Crippen molar-refractivity contribution in [2.45, 2.75) is 18.1 Å². The fourth-order valence-electron chi connectivity index (χ4n) is 1.70. The molecule has 0 amide bonds. The van der Waals surface area contributed by atoms with Gasteiger partial charge in [0.05, 0.1) is 28.4 Å². The SMILES string of the molecule is O=S1(=O)CCCC1CNc1ncc(Cl)cn1. The summed E-state index contributed by atoms with van der Waals surface area (Å²) in [5.41, 5.74) is 0. The van der Waals surface area contributed by atoms with Crippen molar-refractivity contribution in [1.29, 1.82) is 0 Å². The molecule has 7 heteroatoms. The largest absolute Gasteiger partial charge is 0.353 e. The van der Waals surface area contributed by atoms with E-state index >= 15 is 0 Å². The first-order valence-electron chi connectivity index (χ1n) is 5.01. The number of sulfone groups is 1. The number of halogens is 1. The van der Waals surface area contributed by atoms with Gasteiger partial charge in [-0.1, -0.05) is 11.6 Å². The zero-order chi connectivity index (χ0) is 11.6. The standard InChI is InChI=1S/C9H12ClN3O2S/c10-7-4-11-9(12-5-7)13-6-8-2-1-3-16(8,14)15/h4-5,8H,1-3,6H2,(H,11,12,13). The highest BCUT2D eigenvalue weighted by Crippen LogP contribution is 2.20. The molecular formula is C9H12ClN3O2S. The molecule has 1 aromatic rings. The molecule has 0 spiro atoms. The molecule has 2 heterocycles. The van der Waals surface area contributed by atoms with Crippen molar-refractivity contribution in [3.8, 4) is 0 Å². The van der Waals surface area contributed by atoms with Gasteiger partial charge in [-0.3, -0.25) is 0 Å². The molecule has 1 atom stereocenters. The maximum absolute atomic E-state index is 11.5. The summed E-state index contributed by atoms with van der Waals surface area (Å²) in [6, 6.07) is 0. The summed E-state index contributed by atoms with van der Waals surface area (Å²) in [6.07, 6.45) is 4.40. The number of hydrogen-bond donors (Lipinski definition) is 1. The van der Waals surface area contributed by atoms with Crippen LogP contribution in [0.5, 0.6) is 0 Å². The van der Waals surface area contributed by atoms with Crippen LogP contribution in [0, 0.1) is 0 Å². The quantitative estimate of drug-likeness (QED) is 0.883. The van der Waals surface area contributed by atoms with Gasteiger partial charge >= 0.3 is 0 Å². The summed E-state index contributed by atoms with van der Waals surface area (Å²) in [5.74, 6) is 0.701. The predicted molar refractivity (Wildman–Crippen MR) is 62.3 cm³/mol. The van der Waals surface area contributed by atoms with E-state index in [0.29, 0.717) is 29.7 Å². The fraction of sp³-hybridized carbons (Fsp3) is 0.556. The topological polar surface area (TPSA) is 72.0 Å². The third-order valence-corrected chi connectivity index (χ3v) is 5.04. The fourth-order valence-corrected chi connectivity index (χ4v) is 3.56. The minimum Gasteiger partial charge on any atom is -0.353 e. The van der Waals surface area contributed by atoms with Crippen LogP contribution in [-0.4, -0.2) is 35.9 Å². The molecule has 1 saturated heterocycles. The molecule has 1 aliphatic rings. The summed E-state index contributed by atoms with van der Waals surface area (Å²) < 4.78 is 23.1. The normalized spacial score (nSPS) is 23.2. The van der Waals surface area contributed by atoms with Crippen LogP contribution >= 0.6 is 11.6 Å². The second-order valence-electron chi connectivity index (χ2n) is 3.74. The Labute approximate surface area is 99.2 Å². The van der Waals surface area contributed by atoms with Crippen LogP contribution in [0.25, 0.3) is 0 Å². The first-order chi connectivity index (χ1) is 7.58. The van der Waals surface area contributed by atoms with Crippen LogP contribution in [0.3, 0.4) is 0 Å². The Bertz CT molecular complexity index is 460. The molecule has 1 fully saturated rings. The summed E-state index contributed by atoms with van der Waals surface area (Å²) in [4.78, 5) is 7.88. The van der Waals surface area contributed by atoms with E-state index in [0.717, 1.165) is 6.42 Å². The van der Waals surface area contributed by atoms with Gasteiger partial charge in [0, 0.05) is 6.54 Å². The van der Waals surface area contributed by atoms with Gasteiger partial charge in [0.15, 0.2) is 9.84 Å². The van der Waals surface area contributed by atoms with Crippen molar-refractivity contribution < 1.29 is 8.42 Å². The van der Waals surface area contributed by atoms with E-state index in [1.54, 1.807) is 0 Å². The number of anilines is 1. The maximum Gasteiger partial charge on any atom is 0.222 e. The van der Waals surface area contributed by atoms with Crippen molar-refractivity contribution in [3.63, 3.8) is 0 Å². The Hall–Kier alpha value is -0.880. The molecule has 1 N–H and O–H groups in total. The molecule has 2 rings (SSSR count). The van der Waals surface area contributed by atoms with E-state index in [4.69, 9.17) is 11.6 Å². The van der Waals surface area contributed by atoms with Gasteiger partial charge in [-0.2, -0.15) is 0 Å². The van der Waals surface area contributed by atoms with Crippen LogP contribution in [0.2, 0.25) is 5.02 Å². The number of nitrogens with one attached hydrogen (secondary N) is 1. The molecule has 5 nitrogen and oxygen atoms in total. The van der Waals surface area contributed by atoms with Gasteiger partial charge in [-0.05, 0) is 12.8 Å². The van der Waals surface area contributed by atoms with Crippen LogP contribution in [-0.2, 0) is 9.84 Å². The highest BCUT2D eigenvalue weighted by atomic mass is 35.5. The molecule has 88 valence electrons. The average molecular weight is 262 g/mol. The second-order valence-corrected chi connectivity index (χ2v) is 6.57. The van der Waals surface area contributed by atoms with Gasteiger partial charge < -0.3 is 5.32 Å². The smallest absolute Gasteiger partial charge is 0.222 e. The monoisotopic (exact) mass is 261 g/mol. The molecule has 1 unspecified atom stereocenters. The second kappa shape index (κ2) is 4.55. The molecule has 1 aliphatic heterocycles. The Morgan fingerprint density at radius 1 is 1.44 bits per heavy atom. The van der Waals surface area contributed by atoms with Gasteiger partial charge in [0.25, 0.3) is 0 Å². The van der Waals surface area contributed by atoms with Gasteiger partial charge in [0.1, 0.15) is 0 Å². The average Bonchev–Trinajstić information content (AvgIpc) is 2.57. The number of rotatable bonds is 3. The lowest BCUT2D eigenvalue weighted by atomic mass is 10.2. The van der Waals surface area contributed by atoms with Gasteiger partial charge in [-0.15, -0.1) is 0 Å². The van der Waals surface area contributed by atoms with Crippen LogP contribution in [0.4, 0.5) is 5.95 Å². The van der Waals surface area contributed by atoms with E-state index in [2.05, 4.69) is 15.3 Å². The predicted octanol–water partition coefficient (Wildman–Crippen LogP) is 1.12. The van der Waals surface area contributed by atoms with Gasteiger partial charge in [0.2, 0.25) is 5.95 Å². The lowest BCUT2D eigenvalue weighted by Gasteiger charge is -2.10. The van der Waals surface area contributed by atoms with Crippen LogP contribution in [0.15, 0.2) is 12.4 Å². The third-order valence-electron chi connectivity index (χ3n) is 2.57. The molecular weight excluding hydrogens is 250 g/mol. The first kappa shape index (κ1) is 11.6. The van der Waals surface area contributed by atoms with Crippen LogP contribution in [0.1, 0.15) is 12.8 Å². The van der Waals surface area contributed by atoms with Crippen LogP contribution < -0.4 is 5.32 Å². The van der Waals surface area contributed by atoms with Gasteiger partial charge in [-0.25, -0.2) is 18.4 Å². The minimum absolute atomic E-state index is 0.292. The summed E-state index contributed by atoms with van der Waals surface area (Å²) in [7, 11) is -2.91. The summed E-state index contributed by atoms with van der Waals surface area (Å²) in [6.45, 7) is 0.365. The highest BCUT2D eigenvalue weighted by Gasteiger charge is 2.30. The van der Waals surface area contributed by atoms with Crippen molar-refractivity contribution in [3.05, 3.63) is 17.4 Å². The molecule has 0 aromatic carbocycles. The molecule has 0 aliphatic carbocycles. The lowest BCUT2D eigenvalue weighted by Crippen LogP contribution is -2.25.